The summed E-state index contributed by atoms with van der Waals surface area (Å²) in [5, 5.41) is 2.89. The zero-order chi connectivity index (χ0) is 21.4. The highest BCUT2D eigenvalue weighted by Crippen LogP contribution is 2.29. The molecule has 1 aliphatic rings. The fourth-order valence-electron chi connectivity index (χ4n) is 3.35. The molecule has 29 heavy (non-hydrogen) atoms. The molecule has 1 fully saturated rings. The van der Waals surface area contributed by atoms with Gasteiger partial charge in [0.2, 0.25) is 0 Å². The molecule has 0 spiro atoms. The molecule has 0 aromatic carbocycles. The van der Waals surface area contributed by atoms with Crippen molar-refractivity contribution in [3.63, 3.8) is 0 Å². The lowest BCUT2D eigenvalue weighted by molar-refractivity contribution is 0.122. The number of hydrogen-bond acceptors (Lipinski definition) is 5. The van der Waals surface area contributed by atoms with Gasteiger partial charge in [0.05, 0.1) is 18.9 Å². The Morgan fingerprint density at radius 1 is 1.34 bits per heavy atom. The molecule has 0 bridgehead atoms. The molecule has 1 aromatic rings. The number of morpholine rings is 1. The summed E-state index contributed by atoms with van der Waals surface area (Å²) >= 11 is 0. The van der Waals surface area contributed by atoms with Crippen molar-refractivity contribution in [1.29, 1.82) is 0 Å². The summed E-state index contributed by atoms with van der Waals surface area (Å²) in [7, 11) is 0. The van der Waals surface area contributed by atoms with Gasteiger partial charge >= 0.3 is 6.09 Å². The molecule has 1 aromatic heterocycles. The Balaban J connectivity index is 2.10. The van der Waals surface area contributed by atoms with Crippen LogP contribution in [0.4, 0.5) is 10.6 Å². The second kappa shape index (κ2) is 10.8. The monoisotopic (exact) mass is 405 g/mol. The van der Waals surface area contributed by atoms with Crippen molar-refractivity contribution in [2.45, 2.75) is 67.2 Å². The Hall–Kier alpha value is -1.82. The summed E-state index contributed by atoms with van der Waals surface area (Å²) in [5.41, 5.74) is 2.08. The van der Waals surface area contributed by atoms with Crippen LogP contribution in [-0.4, -0.2) is 43.9 Å². The highest BCUT2D eigenvalue weighted by Gasteiger charge is 2.20. The zero-order valence-corrected chi connectivity index (χ0v) is 19.1. The zero-order valence-electron chi connectivity index (χ0n) is 19.1. The molecule has 1 N–H and O–H groups in total. The van der Waals surface area contributed by atoms with E-state index in [4.69, 9.17) is 14.5 Å². The van der Waals surface area contributed by atoms with Crippen LogP contribution in [0.3, 0.4) is 0 Å². The number of pyridine rings is 1. The second-order valence-corrected chi connectivity index (χ2v) is 9.37. The van der Waals surface area contributed by atoms with Gasteiger partial charge in [-0.25, -0.2) is 9.78 Å². The molecule has 1 unspecified atom stereocenters. The fraction of sp³-hybridized carbons (Fsp3) is 0.739. The summed E-state index contributed by atoms with van der Waals surface area (Å²) in [5.74, 6) is 2.02. The molecule has 6 nitrogen and oxygen atoms in total. The number of hydrogen-bond donors (Lipinski definition) is 1. The van der Waals surface area contributed by atoms with E-state index >= 15 is 0 Å². The first-order chi connectivity index (χ1) is 13.7. The minimum atomic E-state index is -0.395. The smallest absolute Gasteiger partial charge is 0.408 e. The van der Waals surface area contributed by atoms with E-state index in [0.29, 0.717) is 18.2 Å². The molecule has 0 radical (unpaired) electrons. The van der Waals surface area contributed by atoms with E-state index in [1.165, 1.54) is 0 Å². The molecule has 2 rings (SSSR count). The third-order valence-corrected chi connectivity index (χ3v) is 5.36. The van der Waals surface area contributed by atoms with E-state index in [1.807, 2.05) is 13.0 Å². The Kier molecular flexibility index (Phi) is 8.75. The molecule has 0 aliphatic carbocycles. The van der Waals surface area contributed by atoms with Crippen LogP contribution in [0.2, 0.25) is 0 Å². The lowest BCUT2D eigenvalue weighted by atomic mass is 9.91. The molecule has 1 aliphatic heterocycles. The highest BCUT2D eigenvalue weighted by atomic mass is 16.6. The van der Waals surface area contributed by atoms with Crippen molar-refractivity contribution in [2.24, 2.45) is 11.3 Å². The Morgan fingerprint density at radius 3 is 2.66 bits per heavy atom. The van der Waals surface area contributed by atoms with Gasteiger partial charge in [-0.05, 0) is 49.1 Å². The lowest BCUT2D eigenvalue weighted by Gasteiger charge is -2.29. The SMILES string of the molecule is CCC(C)Cc1nc(N2CCOCC2)cc(C)c1OC(=O)NCCCC(C)(C)C. The fourth-order valence-corrected chi connectivity index (χ4v) is 3.35. The molecule has 6 heteroatoms. The van der Waals surface area contributed by atoms with Gasteiger partial charge in [-0.1, -0.05) is 41.0 Å². The van der Waals surface area contributed by atoms with Crippen molar-refractivity contribution in [1.82, 2.24) is 10.3 Å². The van der Waals surface area contributed by atoms with Crippen LogP contribution in [0.1, 0.15) is 65.1 Å². The van der Waals surface area contributed by atoms with Gasteiger partial charge in [-0.3, -0.25) is 0 Å². The summed E-state index contributed by atoms with van der Waals surface area (Å²) in [6, 6.07) is 2.02. The van der Waals surface area contributed by atoms with Crippen LogP contribution in [0.5, 0.6) is 5.75 Å². The van der Waals surface area contributed by atoms with Gasteiger partial charge in [0, 0.05) is 19.6 Å². The lowest BCUT2D eigenvalue weighted by Crippen LogP contribution is -2.37. The van der Waals surface area contributed by atoms with E-state index in [-0.39, 0.29) is 5.41 Å². The number of carbonyl (C=O) groups excluding carboxylic acids is 1. The van der Waals surface area contributed by atoms with E-state index in [1.54, 1.807) is 0 Å². The Morgan fingerprint density at radius 2 is 2.03 bits per heavy atom. The number of ether oxygens (including phenoxy) is 2. The molecule has 2 heterocycles. The minimum Gasteiger partial charge on any atom is -0.408 e. The van der Waals surface area contributed by atoms with E-state index in [2.05, 4.69) is 44.8 Å². The number of aryl methyl sites for hydroxylation is 1. The highest BCUT2D eigenvalue weighted by molar-refractivity contribution is 5.71. The second-order valence-electron chi connectivity index (χ2n) is 9.37. The maximum absolute atomic E-state index is 12.4. The van der Waals surface area contributed by atoms with E-state index < -0.39 is 6.09 Å². The van der Waals surface area contributed by atoms with Crippen molar-refractivity contribution >= 4 is 11.9 Å². The maximum atomic E-state index is 12.4. The number of nitrogens with zero attached hydrogens (tertiary/aromatic N) is 2. The predicted molar refractivity (Wildman–Crippen MR) is 118 cm³/mol. The summed E-state index contributed by atoms with van der Waals surface area (Å²) < 4.78 is 11.2. The Bertz CT molecular complexity index is 664. The van der Waals surface area contributed by atoms with Gasteiger partial charge in [-0.2, -0.15) is 0 Å². The van der Waals surface area contributed by atoms with E-state index in [0.717, 1.165) is 69.1 Å². The van der Waals surface area contributed by atoms with Crippen molar-refractivity contribution in [3.8, 4) is 5.75 Å². The quantitative estimate of drug-likeness (QED) is 0.634. The first-order valence-corrected chi connectivity index (χ1v) is 11.0. The molecular weight excluding hydrogens is 366 g/mol. The average Bonchev–Trinajstić information content (AvgIpc) is 2.67. The van der Waals surface area contributed by atoms with Gasteiger partial charge in [-0.15, -0.1) is 0 Å². The average molecular weight is 406 g/mol. The molecule has 0 saturated carbocycles. The molecule has 164 valence electrons. The van der Waals surface area contributed by atoms with Crippen LogP contribution in [0.15, 0.2) is 6.07 Å². The topological polar surface area (TPSA) is 63.7 Å². The third kappa shape index (κ3) is 7.84. The minimum absolute atomic E-state index is 0.269. The van der Waals surface area contributed by atoms with Gasteiger partial charge in [0.1, 0.15) is 5.82 Å². The van der Waals surface area contributed by atoms with Crippen molar-refractivity contribution < 1.29 is 14.3 Å². The van der Waals surface area contributed by atoms with Gasteiger partial charge in [0.15, 0.2) is 5.75 Å². The number of aromatic nitrogens is 1. The predicted octanol–water partition coefficient (Wildman–Crippen LogP) is 4.73. The largest absolute Gasteiger partial charge is 0.412 e. The number of amides is 1. The number of anilines is 1. The van der Waals surface area contributed by atoms with Crippen LogP contribution in [0, 0.1) is 18.3 Å². The van der Waals surface area contributed by atoms with Crippen molar-refractivity contribution in [3.05, 3.63) is 17.3 Å². The van der Waals surface area contributed by atoms with Crippen LogP contribution >= 0.6 is 0 Å². The summed E-state index contributed by atoms with van der Waals surface area (Å²) in [6.07, 6.45) is 3.45. The standard InChI is InChI=1S/C23H39N3O3/c1-7-17(2)15-19-21(29-22(27)24-10-8-9-23(4,5)6)18(3)16-20(25-19)26-11-13-28-14-12-26/h16-17H,7-15H2,1-6H3,(H,24,27). The number of carbonyl (C=O) groups is 1. The summed E-state index contributed by atoms with van der Waals surface area (Å²) in [4.78, 5) is 19.5. The first kappa shape index (κ1) is 23.5. The molecular formula is C23H39N3O3. The van der Waals surface area contributed by atoms with Gasteiger partial charge in [0.25, 0.3) is 0 Å². The normalized spacial score (nSPS) is 15.9. The van der Waals surface area contributed by atoms with Crippen LogP contribution in [-0.2, 0) is 11.2 Å². The third-order valence-electron chi connectivity index (χ3n) is 5.36. The first-order valence-electron chi connectivity index (χ1n) is 11.0. The van der Waals surface area contributed by atoms with Crippen LogP contribution in [0.25, 0.3) is 0 Å². The molecule has 1 atom stereocenters. The van der Waals surface area contributed by atoms with Crippen LogP contribution < -0.4 is 15.0 Å². The maximum Gasteiger partial charge on any atom is 0.412 e. The Labute approximate surface area is 176 Å². The van der Waals surface area contributed by atoms with Gasteiger partial charge < -0.3 is 19.7 Å². The number of rotatable bonds is 8. The number of nitrogens with one attached hydrogen (secondary N) is 1. The molecule has 1 amide bonds. The van der Waals surface area contributed by atoms with Crippen molar-refractivity contribution in [2.75, 3.05) is 37.7 Å². The summed E-state index contributed by atoms with van der Waals surface area (Å²) in [6.45, 7) is 16.7. The molecule has 1 saturated heterocycles. The van der Waals surface area contributed by atoms with E-state index in [9.17, 15) is 4.79 Å².